The van der Waals surface area contributed by atoms with E-state index < -0.39 is 0 Å². The molecule has 2 rings (SSSR count). The summed E-state index contributed by atoms with van der Waals surface area (Å²) >= 11 is 1.80. The molecule has 13 heavy (non-hydrogen) atoms. The van der Waals surface area contributed by atoms with Crippen LogP contribution in [-0.4, -0.2) is 6.04 Å². The third-order valence-electron chi connectivity index (χ3n) is 2.49. The highest BCUT2D eigenvalue weighted by Crippen LogP contribution is 2.25. The van der Waals surface area contributed by atoms with Crippen LogP contribution in [0.25, 0.3) is 6.08 Å². The topological polar surface area (TPSA) is 26.0 Å². The number of thiophene rings is 1. The van der Waals surface area contributed by atoms with Crippen molar-refractivity contribution in [3.8, 4) is 0 Å². The van der Waals surface area contributed by atoms with Crippen molar-refractivity contribution in [3.63, 3.8) is 0 Å². The van der Waals surface area contributed by atoms with Gasteiger partial charge >= 0.3 is 0 Å². The van der Waals surface area contributed by atoms with Crippen molar-refractivity contribution < 1.29 is 0 Å². The molecule has 1 saturated carbocycles. The van der Waals surface area contributed by atoms with Crippen LogP contribution in [0.2, 0.25) is 0 Å². The summed E-state index contributed by atoms with van der Waals surface area (Å²) in [6.07, 6.45) is 7.10. The maximum atomic E-state index is 5.92. The molecule has 1 aliphatic rings. The van der Waals surface area contributed by atoms with Crippen molar-refractivity contribution in [2.75, 3.05) is 0 Å². The van der Waals surface area contributed by atoms with E-state index in [2.05, 4.69) is 23.6 Å². The van der Waals surface area contributed by atoms with Crippen LogP contribution in [0.5, 0.6) is 0 Å². The second-order valence-electron chi connectivity index (χ2n) is 3.67. The fourth-order valence-electron chi connectivity index (χ4n) is 1.84. The second kappa shape index (κ2) is 4.07. The van der Waals surface area contributed by atoms with E-state index in [9.17, 15) is 0 Å². The Hall–Kier alpha value is -0.600. The van der Waals surface area contributed by atoms with E-state index in [1.165, 1.54) is 29.7 Å². The molecule has 70 valence electrons. The highest BCUT2D eigenvalue weighted by Gasteiger charge is 2.12. The summed E-state index contributed by atoms with van der Waals surface area (Å²) in [5.41, 5.74) is 7.45. The molecule has 0 saturated heterocycles. The molecule has 0 spiro atoms. The lowest BCUT2D eigenvalue weighted by Crippen LogP contribution is -2.23. The van der Waals surface area contributed by atoms with Gasteiger partial charge in [-0.05, 0) is 43.2 Å². The molecule has 0 aromatic carbocycles. The third kappa shape index (κ3) is 2.42. The normalized spacial score (nSPS) is 26.5. The molecule has 1 nitrogen and oxygen atoms in total. The monoisotopic (exact) mass is 193 g/mol. The van der Waals surface area contributed by atoms with Crippen molar-refractivity contribution in [2.24, 2.45) is 5.73 Å². The number of hydrogen-bond acceptors (Lipinski definition) is 2. The van der Waals surface area contributed by atoms with E-state index >= 15 is 0 Å². The first-order chi connectivity index (χ1) is 6.34. The SMILES string of the molecule is NC1CCCC(=Cc2cccs2)C1. The van der Waals surface area contributed by atoms with Crippen LogP contribution < -0.4 is 5.73 Å². The lowest BCUT2D eigenvalue weighted by Gasteiger charge is -2.20. The number of nitrogens with two attached hydrogens (primary N) is 1. The predicted molar refractivity (Wildman–Crippen MR) is 58.7 cm³/mol. The number of hydrogen-bond donors (Lipinski definition) is 1. The zero-order chi connectivity index (χ0) is 9.10. The average Bonchev–Trinajstić information content (AvgIpc) is 2.57. The molecule has 0 bridgehead atoms. The highest BCUT2D eigenvalue weighted by molar-refractivity contribution is 7.10. The van der Waals surface area contributed by atoms with Crippen LogP contribution in [0.4, 0.5) is 0 Å². The van der Waals surface area contributed by atoms with Crippen LogP contribution in [0.15, 0.2) is 23.1 Å². The molecule has 1 atom stereocenters. The van der Waals surface area contributed by atoms with Crippen molar-refractivity contribution >= 4 is 17.4 Å². The van der Waals surface area contributed by atoms with Crippen molar-refractivity contribution in [2.45, 2.75) is 31.7 Å². The quantitative estimate of drug-likeness (QED) is 0.729. The van der Waals surface area contributed by atoms with E-state index in [0.29, 0.717) is 6.04 Å². The highest BCUT2D eigenvalue weighted by atomic mass is 32.1. The summed E-state index contributed by atoms with van der Waals surface area (Å²) in [7, 11) is 0. The molecule has 1 aromatic rings. The van der Waals surface area contributed by atoms with E-state index in [1.807, 2.05) is 0 Å². The van der Waals surface area contributed by atoms with Gasteiger partial charge in [0.05, 0.1) is 0 Å². The smallest absolute Gasteiger partial charge is 0.0269 e. The largest absolute Gasteiger partial charge is 0.327 e. The molecule has 1 heterocycles. The van der Waals surface area contributed by atoms with Crippen LogP contribution in [0.1, 0.15) is 30.6 Å². The summed E-state index contributed by atoms with van der Waals surface area (Å²) < 4.78 is 0. The summed E-state index contributed by atoms with van der Waals surface area (Å²) in [5.74, 6) is 0. The van der Waals surface area contributed by atoms with Crippen LogP contribution in [-0.2, 0) is 0 Å². The Morgan fingerprint density at radius 1 is 1.54 bits per heavy atom. The Morgan fingerprint density at radius 3 is 3.15 bits per heavy atom. The van der Waals surface area contributed by atoms with Gasteiger partial charge in [-0.25, -0.2) is 0 Å². The van der Waals surface area contributed by atoms with Gasteiger partial charge in [0.15, 0.2) is 0 Å². The summed E-state index contributed by atoms with van der Waals surface area (Å²) in [4.78, 5) is 1.36. The molecular weight excluding hydrogens is 178 g/mol. The average molecular weight is 193 g/mol. The van der Waals surface area contributed by atoms with Gasteiger partial charge in [-0.3, -0.25) is 0 Å². The summed E-state index contributed by atoms with van der Waals surface area (Å²) in [6, 6.07) is 4.66. The fourth-order valence-corrected chi connectivity index (χ4v) is 2.54. The molecule has 0 radical (unpaired) electrons. The Kier molecular flexibility index (Phi) is 2.81. The molecule has 2 heteroatoms. The van der Waals surface area contributed by atoms with Gasteiger partial charge in [0, 0.05) is 10.9 Å². The minimum atomic E-state index is 0.403. The fraction of sp³-hybridized carbons (Fsp3) is 0.455. The van der Waals surface area contributed by atoms with Gasteiger partial charge in [0.25, 0.3) is 0 Å². The first-order valence-corrected chi connectivity index (χ1v) is 5.71. The predicted octanol–water partition coefficient (Wildman–Crippen LogP) is 3.03. The summed E-state index contributed by atoms with van der Waals surface area (Å²) in [6.45, 7) is 0. The minimum Gasteiger partial charge on any atom is -0.327 e. The van der Waals surface area contributed by atoms with Gasteiger partial charge in [-0.2, -0.15) is 0 Å². The van der Waals surface area contributed by atoms with Crippen molar-refractivity contribution in [1.29, 1.82) is 0 Å². The Labute approximate surface area is 83.3 Å². The van der Waals surface area contributed by atoms with Gasteiger partial charge < -0.3 is 5.73 Å². The van der Waals surface area contributed by atoms with Crippen LogP contribution in [0.3, 0.4) is 0 Å². The Morgan fingerprint density at radius 2 is 2.46 bits per heavy atom. The summed E-state index contributed by atoms with van der Waals surface area (Å²) in [5, 5.41) is 2.12. The van der Waals surface area contributed by atoms with Gasteiger partial charge in [0.2, 0.25) is 0 Å². The third-order valence-corrected chi connectivity index (χ3v) is 3.31. The zero-order valence-electron chi connectivity index (χ0n) is 7.70. The molecular formula is C11H15NS. The van der Waals surface area contributed by atoms with E-state index in [0.717, 1.165) is 6.42 Å². The van der Waals surface area contributed by atoms with E-state index in [1.54, 1.807) is 11.3 Å². The Balaban J connectivity index is 2.07. The molecule has 2 N–H and O–H groups in total. The molecule has 0 amide bonds. The molecule has 0 aliphatic heterocycles. The first-order valence-electron chi connectivity index (χ1n) is 4.83. The van der Waals surface area contributed by atoms with Gasteiger partial charge in [-0.1, -0.05) is 11.6 Å². The lowest BCUT2D eigenvalue weighted by atomic mass is 9.91. The van der Waals surface area contributed by atoms with Crippen molar-refractivity contribution in [3.05, 3.63) is 28.0 Å². The van der Waals surface area contributed by atoms with E-state index in [-0.39, 0.29) is 0 Å². The minimum absolute atomic E-state index is 0.403. The first kappa shape index (κ1) is 8.97. The molecule has 1 fully saturated rings. The van der Waals surface area contributed by atoms with Crippen LogP contribution in [0, 0.1) is 0 Å². The lowest BCUT2D eigenvalue weighted by molar-refractivity contribution is 0.520. The van der Waals surface area contributed by atoms with Crippen LogP contribution >= 0.6 is 11.3 Å². The van der Waals surface area contributed by atoms with Gasteiger partial charge in [-0.15, -0.1) is 11.3 Å². The Bertz CT molecular complexity index is 287. The molecule has 1 aliphatic carbocycles. The molecule has 1 unspecified atom stereocenters. The zero-order valence-corrected chi connectivity index (χ0v) is 8.52. The maximum Gasteiger partial charge on any atom is 0.0269 e. The molecule has 1 aromatic heterocycles. The maximum absolute atomic E-state index is 5.92. The van der Waals surface area contributed by atoms with E-state index in [4.69, 9.17) is 5.73 Å². The standard InChI is InChI=1S/C11H15NS/c12-10-4-1-3-9(7-10)8-11-5-2-6-13-11/h2,5-6,8,10H,1,3-4,7,12H2. The van der Waals surface area contributed by atoms with Gasteiger partial charge in [0.1, 0.15) is 0 Å². The second-order valence-corrected chi connectivity index (χ2v) is 4.65. The number of rotatable bonds is 1. The van der Waals surface area contributed by atoms with Crippen molar-refractivity contribution in [1.82, 2.24) is 0 Å².